The Morgan fingerprint density at radius 1 is 1.39 bits per heavy atom. The van der Waals surface area contributed by atoms with Crippen LogP contribution in [-0.4, -0.2) is 29.1 Å². The van der Waals surface area contributed by atoms with Crippen LogP contribution in [0.4, 0.5) is 0 Å². The highest BCUT2D eigenvalue weighted by Gasteiger charge is 2.20. The number of ether oxygens (including phenoxy) is 1. The van der Waals surface area contributed by atoms with Crippen molar-refractivity contribution in [2.75, 3.05) is 7.11 Å². The summed E-state index contributed by atoms with van der Waals surface area (Å²) in [6.07, 6.45) is 0. The van der Waals surface area contributed by atoms with Gasteiger partial charge >= 0.3 is 5.97 Å². The molecule has 0 aliphatic carbocycles. The van der Waals surface area contributed by atoms with Crippen molar-refractivity contribution in [3.63, 3.8) is 0 Å². The summed E-state index contributed by atoms with van der Waals surface area (Å²) in [5.74, 6) is -1.25. The molecule has 6 nitrogen and oxygen atoms in total. The number of nitrogens with one attached hydrogen (secondary N) is 1. The van der Waals surface area contributed by atoms with E-state index < -0.39 is 5.97 Å². The van der Waals surface area contributed by atoms with E-state index in [1.807, 2.05) is 12.1 Å². The minimum Gasteiger partial charge on any atom is -0.477 e. The van der Waals surface area contributed by atoms with Crippen LogP contribution < -0.4 is 5.32 Å². The number of methoxy groups -OCH3 is 1. The van der Waals surface area contributed by atoms with E-state index in [2.05, 4.69) is 10.3 Å². The van der Waals surface area contributed by atoms with Gasteiger partial charge in [-0.3, -0.25) is 4.79 Å². The number of benzene rings is 1. The highest BCUT2D eigenvalue weighted by Crippen LogP contribution is 2.24. The Bertz CT molecular complexity index is 727. The Kier molecular flexibility index (Phi) is 5.46. The fourth-order valence-electron chi connectivity index (χ4n) is 2.16. The number of thiazole rings is 1. The molecule has 122 valence electrons. The molecule has 2 N–H and O–H groups in total. The molecular formula is C16H18N2O4S. The molecule has 0 radical (unpaired) electrons. The Balaban J connectivity index is 2.17. The number of hydrogen-bond acceptors (Lipinski definition) is 5. The minimum atomic E-state index is -1.00. The largest absolute Gasteiger partial charge is 0.477 e. The van der Waals surface area contributed by atoms with Crippen molar-refractivity contribution in [2.45, 2.75) is 26.5 Å². The monoisotopic (exact) mass is 334 g/mol. The van der Waals surface area contributed by atoms with Crippen molar-refractivity contribution in [1.29, 1.82) is 0 Å². The maximum absolute atomic E-state index is 12.4. The molecule has 0 bridgehead atoms. The van der Waals surface area contributed by atoms with Crippen LogP contribution in [0.1, 0.15) is 49.3 Å². The second-order valence-corrected chi connectivity index (χ2v) is 6.09. The number of hydrogen-bond donors (Lipinski definition) is 2. The van der Waals surface area contributed by atoms with E-state index in [0.717, 1.165) is 16.9 Å². The Morgan fingerprint density at radius 3 is 2.70 bits per heavy atom. The quantitative estimate of drug-likeness (QED) is 0.848. The van der Waals surface area contributed by atoms with E-state index in [4.69, 9.17) is 9.84 Å². The molecule has 2 aromatic rings. The van der Waals surface area contributed by atoms with Crippen molar-refractivity contribution in [1.82, 2.24) is 10.3 Å². The SMILES string of the molecule is COCc1ccccc1C(=O)NC(C)c1nc(C)c(C(=O)O)s1. The number of carboxylic acid groups (broad SMARTS) is 1. The van der Waals surface area contributed by atoms with Gasteiger partial charge in [-0.25, -0.2) is 9.78 Å². The molecule has 0 saturated heterocycles. The van der Waals surface area contributed by atoms with Gasteiger partial charge in [0.15, 0.2) is 0 Å². The molecule has 1 unspecified atom stereocenters. The van der Waals surface area contributed by atoms with Crippen molar-refractivity contribution in [2.24, 2.45) is 0 Å². The molecule has 0 fully saturated rings. The zero-order chi connectivity index (χ0) is 17.0. The fraction of sp³-hybridized carbons (Fsp3) is 0.312. The summed E-state index contributed by atoms with van der Waals surface area (Å²) in [5, 5.41) is 12.5. The van der Waals surface area contributed by atoms with Gasteiger partial charge < -0.3 is 15.2 Å². The predicted octanol–water partition coefficient (Wildman–Crippen LogP) is 2.79. The first-order chi connectivity index (χ1) is 10.9. The van der Waals surface area contributed by atoms with Crippen molar-refractivity contribution in [3.05, 3.63) is 51.0 Å². The first-order valence-corrected chi connectivity index (χ1v) is 7.84. The van der Waals surface area contributed by atoms with Gasteiger partial charge in [0.1, 0.15) is 9.88 Å². The van der Waals surface area contributed by atoms with E-state index in [0.29, 0.717) is 22.9 Å². The molecule has 23 heavy (non-hydrogen) atoms. The Hall–Kier alpha value is -2.25. The van der Waals surface area contributed by atoms with Crippen LogP contribution in [0.5, 0.6) is 0 Å². The van der Waals surface area contributed by atoms with Crippen LogP contribution in [0.3, 0.4) is 0 Å². The summed E-state index contributed by atoms with van der Waals surface area (Å²) < 4.78 is 5.10. The van der Waals surface area contributed by atoms with Crippen molar-refractivity contribution >= 4 is 23.2 Å². The molecule has 1 aromatic carbocycles. The Labute approximate surface area is 138 Å². The summed E-state index contributed by atoms with van der Waals surface area (Å²) in [7, 11) is 1.57. The van der Waals surface area contributed by atoms with Crippen LogP contribution in [0.25, 0.3) is 0 Å². The number of aryl methyl sites for hydroxylation is 1. The number of aromatic carboxylic acids is 1. The number of rotatable bonds is 6. The maximum atomic E-state index is 12.4. The van der Waals surface area contributed by atoms with E-state index >= 15 is 0 Å². The summed E-state index contributed by atoms with van der Waals surface area (Å²) >= 11 is 1.08. The van der Waals surface area contributed by atoms with Gasteiger partial charge in [-0.2, -0.15) is 0 Å². The second kappa shape index (κ2) is 7.34. The standard InChI is InChI=1S/C16H18N2O4S/c1-9-13(16(20)21)23-15(18-9)10(2)17-14(19)12-7-5-4-6-11(12)8-22-3/h4-7,10H,8H2,1-3H3,(H,17,19)(H,20,21). The molecule has 0 aliphatic rings. The Morgan fingerprint density at radius 2 is 2.09 bits per heavy atom. The lowest BCUT2D eigenvalue weighted by Gasteiger charge is -2.13. The number of carboxylic acids is 1. The lowest BCUT2D eigenvalue weighted by Crippen LogP contribution is -2.27. The third-order valence-corrected chi connectivity index (χ3v) is 4.62. The third-order valence-electron chi connectivity index (χ3n) is 3.29. The van der Waals surface area contributed by atoms with Gasteiger partial charge in [-0.1, -0.05) is 18.2 Å². The van der Waals surface area contributed by atoms with E-state index in [1.165, 1.54) is 0 Å². The van der Waals surface area contributed by atoms with Gasteiger partial charge in [0.25, 0.3) is 5.91 Å². The summed E-state index contributed by atoms with van der Waals surface area (Å²) in [6.45, 7) is 3.77. The van der Waals surface area contributed by atoms with Crippen molar-refractivity contribution in [3.8, 4) is 0 Å². The average Bonchev–Trinajstić information content (AvgIpc) is 2.90. The zero-order valence-electron chi connectivity index (χ0n) is 13.1. The van der Waals surface area contributed by atoms with Gasteiger partial charge in [-0.15, -0.1) is 11.3 Å². The predicted molar refractivity (Wildman–Crippen MR) is 86.8 cm³/mol. The number of nitrogens with zero attached hydrogens (tertiary/aromatic N) is 1. The number of amides is 1. The van der Waals surface area contributed by atoms with E-state index in [1.54, 1.807) is 33.1 Å². The lowest BCUT2D eigenvalue weighted by molar-refractivity contribution is 0.0701. The van der Waals surface area contributed by atoms with Crippen LogP contribution in [0.2, 0.25) is 0 Å². The van der Waals surface area contributed by atoms with Gasteiger partial charge in [0.05, 0.1) is 18.3 Å². The molecule has 1 amide bonds. The summed E-state index contributed by atoms with van der Waals surface area (Å²) in [6, 6.07) is 6.81. The van der Waals surface area contributed by atoms with Crippen LogP contribution in [-0.2, 0) is 11.3 Å². The van der Waals surface area contributed by atoms with Gasteiger partial charge in [0.2, 0.25) is 0 Å². The van der Waals surface area contributed by atoms with Crippen LogP contribution >= 0.6 is 11.3 Å². The highest BCUT2D eigenvalue weighted by atomic mass is 32.1. The topological polar surface area (TPSA) is 88.5 Å². The molecular weight excluding hydrogens is 316 g/mol. The molecule has 1 heterocycles. The molecule has 2 rings (SSSR count). The maximum Gasteiger partial charge on any atom is 0.347 e. The lowest BCUT2D eigenvalue weighted by atomic mass is 10.1. The van der Waals surface area contributed by atoms with Crippen molar-refractivity contribution < 1.29 is 19.4 Å². The first kappa shape index (κ1) is 17.1. The number of aromatic nitrogens is 1. The first-order valence-electron chi connectivity index (χ1n) is 7.02. The van der Waals surface area contributed by atoms with Crippen LogP contribution in [0.15, 0.2) is 24.3 Å². The minimum absolute atomic E-state index is 0.195. The molecule has 1 aromatic heterocycles. The molecule has 0 aliphatic heterocycles. The van der Waals surface area contributed by atoms with Gasteiger partial charge in [-0.05, 0) is 25.5 Å². The normalized spacial score (nSPS) is 12.0. The van der Waals surface area contributed by atoms with Crippen LogP contribution in [0, 0.1) is 6.92 Å². The average molecular weight is 334 g/mol. The number of carbonyl (C=O) groups excluding carboxylic acids is 1. The molecule has 0 saturated carbocycles. The molecule has 0 spiro atoms. The smallest absolute Gasteiger partial charge is 0.347 e. The molecule has 7 heteroatoms. The number of carbonyl (C=O) groups is 2. The van der Waals surface area contributed by atoms with E-state index in [-0.39, 0.29) is 16.8 Å². The summed E-state index contributed by atoms with van der Waals surface area (Å²) in [4.78, 5) is 28.0. The summed E-state index contributed by atoms with van der Waals surface area (Å²) in [5.41, 5.74) is 1.78. The fourth-order valence-corrected chi connectivity index (χ4v) is 3.07. The van der Waals surface area contributed by atoms with E-state index in [9.17, 15) is 9.59 Å². The third kappa shape index (κ3) is 3.94. The second-order valence-electron chi connectivity index (χ2n) is 5.06. The van der Waals surface area contributed by atoms with Gasteiger partial charge in [0, 0.05) is 12.7 Å². The highest BCUT2D eigenvalue weighted by molar-refractivity contribution is 7.13. The zero-order valence-corrected chi connectivity index (χ0v) is 13.9. The molecule has 1 atom stereocenters.